The van der Waals surface area contributed by atoms with Crippen molar-refractivity contribution in [3.05, 3.63) is 0 Å². The fourth-order valence-corrected chi connectivity index (χ4v) is 2.72. The first-order valence-electron chi connectivity index (χ1n) is 5.86. The van der Waals surface area contributed by atoms with Crippen molar-refractivity contribution in [2.45, 2.75) is 25.4 Å². The van der Waals surface area contributed by atoms with Crippen molar-refractivity contribution >= 4 is 16.2 Å². The summed E-state index contributed by atoms with van der Waals surface area (Å²) in [5, 5.41) is 0. The van der Waals surface area contributed by atoms with Gasteiger partial charge in [-0.05, 0) is 12.8 Å². The Kier molecular flexibility index (Phi) is 6.00. The molecule has 8 heteroatoms. The third-order valence-corrected chi connectivity index (χ3v) is 4.35. The lowest BCUT2D eigenvalue weighted by Crippen LogP contribution is -2.44. The molecule has 1 rings (SSSR count). The van der Waals surface area contributed by atoms with Crippen LogP contribution in [-0.4, -0.2) is 58.7 Å². The number of hydrogen-bond donors (Lipinski definition) is 1. The van der Waals surface area contributed by atoms with Crippen molar-refractivity contribution in [1.29, 1.82) is 0 Å². The molecule has 1 heterocycles. The lowest BCUT2D eigenvalue weighted by molar-refractivity contribution is -0.140. The van der Waals surface area contributed by atoms with Crippen LogP contribution in [0.5, 0.6) is 0 Å². The summed E-state index contributed by atoms with van der Waals surface area (Å²) in [4.78, 5) is 11.1. The molecule has 7 nitrogen and oxygen atoms in total. The Bertz CT molecular complexity index is 364. The smallest absolute Gasteiger partial charge is 0.306 e. The number of methoxy groups -OCH3 is 1. The van der Waals surface area contributed by atoms with Gasteiger partial charge < -0.3 is 9.47 Å². The molecule has 0 aromatic carbocycles. The Morgan fingerprint density at radius 3 is 2.78 bits per heavy atom. The van der Waals surface area contributed by atoms with E-state index in [0.29, 0.717) is 6.61 Å². The van der Waals surface area contributed by atoms with Crippen LogP contribution in [0.3, 0.4) is 0 Å². The Morgan fingerprint density at radius 1 is 1.56 bits per heavy atom. The number of rotatable bonds is 7. The number of carbonyl (C=O) groups is 1. The van der Waals surface area contributed by atoms with Gasteiger partial charge in [0.2, 0.25) is 0 Å². The first-order chi connectivity index (χ1) is 8.49. The van der Waals surface area contributed by atoms with Gasteiger partial charge in [0.05, 0.1) is 19.6 Å². The highest BCUT2D eigenvalue weighted by Gasteiger charge is 2.26. The number of hydrogen-bond acceptors (Lipinski definition) is 5. The normalized spacial score (nSPS) is 20.3. The number of nitrogens with zero attached hydrogens (tertiary/aromatic N) is 1. The molecule has 0 radical (unpaired) electrons. The molecule has 1 unspecified atom stereocenters. The Hall–Kier alpha value is -0.700. The average Bonchev–Trinajstić information content (AvgIpc) is 2.86. The summed E-state index contributed by atoms with van der Waals surface area (Å²) in [5.41, 5.74) is 0. The molecular formula is C10H20N2O5S. The molecule has 0 bridgehead atoms. The van der Waals surface area contributed by atoms with Crippen LogP contribution in [0.4, 0.5) is 0 Å². The standard InChI is InChI=1S/C10H20N2O5S/c1-11-18(14,15)12(6-5-10(13)16-2)8-9-4-3-7-17-9/h9,11H,3-8H2,1-2H3. The number of ether oxygens (including phenoxy) is 2. The molecule has 0 aromatic rings. The average molecular weight is 280 g/mol. The molecule has 1 saturated heterocycles. The van der Waals surface area contributed by atoms with Crippen molar-refractivity contribution in [3.8, 4) is 0 Å². The maximum absolute atomic E-state index is 11.8. The van der Waals surface area contributed by atoms with E-state index in [1.165, 1.54) is 18.5 Å². The predicted molar refractivity (Wildman–Crippen MR) is 65.2 cm³/mol. The molecule has 1 N–H and O–H groups in total. The zero-order valence-corrected chi connectivity index (χ0v) is 11.5. The molecule has 106 valence electrons. The van der Waals surface area contributed by atoms with Crippen molar-refractivity contribution in [1.82, 2.24) is 9.03 Å². The van der Waals surface area contributed by atoms with Gasteiger partial charge in [-0.1, -0.05) is 0 Å². The van der Waals surface area contributed by atoms with Crippen LogP contribution < -0.4 is 4.72 Å². The van der Waals surface area contributed by atoms with Crippen LogP contribution in [0, 0.1) is 0 Å². The summed E-state index contributed by atoms with van der Waals surface area (Å²) >= 11 is 0. The van der Waals surface area contributed by atoms with E-state index in [1.54, 1.807) is 0 Å². The molecule has 1 fully saturated rings. The van der Waals surface area contributed by atoms with E-state index in [4.69, 9.17) is 4.74 Å². The fraction of sp³-hybridized carbons (Fsp3) is 0.900. The van der Waals surface area contributed by atoms with Gasteiger partial charge in [0, 0.05) is 26.7 Å². The number of esters is 1. The summed E-state index contributed by atoms with van der Waals surface area (Å²) in [6, 6.07) is 0. The minimum absolute atomic E-state index is 0.0319. The quantitative estimate of drug-likeness (QED) is 0.635. The summed E-state index contributed by atoms with van der Waals surface area (Å²) in [6.45, 7) is 1.02. The lowest BCUT2D eigenvalue weighted by Gasteiger charge is -2.23. The third kappa shape index (κ3) is 4.52. The molecule has 1 atom stereocenters. The van der Waals surface area contributed by atoms with E-state index in [1.807, 2.05) is 0 Å². The number of nitrogens with one attached hydrogen (secondary N) is 1. The van der Waals surface area contributed by atoms with Gasteiger partial charge in [-0.15, -0.1) is 0 Å². The second-order valence-electron chi connectivity index (χ2n) is 4.03. The van der Waals surface area contributed by atoms with Crippen LogP contribution in [0.2, 0.25) is 0 Å². The van der Waals surface area contributed by atoms with E-state index in [0.717, 1.165) is 12.8 Å². The van der Waals surface area contributed by atoms with Gasteiger partial charge in [-0.3, -0.25) is 4.79 Å². The second-order valence-corrected chi connectivity index (χ2v) is 5.90. The predicted octanol–water partition coefficient (Wildman–Crippen LogP) is -0.505. The topological polar surface area (TPSA) is 84.9 Å². The molecule has 0 spiro atoms. The van der Waals surface area contributed by atoms with Crippen molar-refractivity contribution in [2.75, 3.05) is 33.9 Å². The Labute approximate surface area is 108 Å². The summed E-state index contributed by atoms with van der Waals surface area (Å²) in [5.74, 6) is -0.432. The highest BCUT2D eigenvalue weighted by Crippen LogP contribution is 2.15. The molecule has 0 amide bonds. The van der Waals surface area contributed by atoms with Crippen LogP contribution in [0.1, 0.15) is 19.3 Å². The van der Waals surface area contributed by atoms with E-state index in [-0.39, 0.29) is 25.6 Å². The molecule has 1 aliphatic rings. The van der Waals surface area contributed by atoms with Gasteiger partial charge in [-0.25, -0.2) is 4.72 Å². The zero-order valence-electron chi connectivity index (χ0n) is 10.7. The lowest BCUT2D eigenvalue weighted by atomic mass is 10.2. The van der Waals surface area contributed by atoms with Crippen LogP contribution >= 0.6 is 0 Å². The molecule has 0 aliphatic carbocycles. The van der Waals surface area contributed by atoms with Crippen molar-refractivity contribution < 1.29 is 22.7 Å². The first kappa shape index (κ1) is 15.4. The van der Waals surface area contributed by atoms with E-state index in [2.05, 4.69) is 9.46 Å². The van der Waals surface area contributed by atoms with E-state index >= 15 is 0 Å². The Balaban J connectivity index is 2.59. The molecule has 0 aromatic heterocycles. The monoisotopic (exact) mass is 280 g/mol. The van der Waals surface area contributed by atoms with E-state index < -0.39 is 16.2 Å². The first-order valence-corrected chi connectivity index (χ1v) is 7.30. The summed E-state index contributed by atoms with van der Waals surface area (Å²) in [7, 11) is -0.936. The largest absolute Gasteiger partial charge is 0.469 e. The highest BCUT2D eigenvalue weighted by molar-refractivity contribution is 7.87. The van der Waals surface area contributed by atoms with Gasteiger partial charge in [0.15, 0.2) is 0 Å². The third-order valence-electron chi connectivity index (χ3n) is 2.82. The van der Waals surface area contributed by atoms with Crippen LogP contribution in [0.25, 0.3) is 0 Å². The van der Waals surface area contributed by atoms with Crippen molar-refractivity contribution in [3.63, 3.8) is 0 Å². The fourth-order valence-electron chi connectivity index (χ4n) is 1.77. The molecule has 0 saturated carbocycles. The van der Waals surface area contributed by atoms with Gasteiger partial charge in [0.1, 0.15) is 0 Å². The number of carbonyl (C=O) groups excluding carboxylic acids is 1. The maximum Gasteiger partial charge on any atom is 0.306 e. The van der Waals surface area contributed by atoms with Gasteiger partial charge in [0.25, 0.3) is 10.2 Å². The van der Waals surface area contributed by atoms with E-state index in [9.17, 15) is 13.2 Å². The molecular weight excluding hydrogens is 260 g/mol. The van der Waals surface area contributed by atoms with Gasteiger partial charge >= 0.3 is 5.97 Å². The molecule has 1 aliphatic heterocycles. The summed E-state index contributed by atoms with van der Waals surface area (Å²) < 4.78 is 37.0. The zero-order chi connectivity index (χ0) is 13.6. The summed E-state index contributed by atoms with van der Waals surface area (Å²) in [6.07, 6.45) is 1.72. The van der Waals surface area contributed by atoms with Crippen molar-refractivity contribution in [2.24, 2.45) is 0 Å². The minimum atomic E-state index is -3.56. The minimum Gasteiger partial charge on any atom is -0.469 e. The van der Waals surface area contributed by atoms with Crippen LogP contribution in [0.15, 0.2) is 0 Å². The second kappa shape index (κ2) is 7.03. The van der Waals surface area contributed by atoms with Crippen LogP contribution in [-0.2, 0) is 24.5 Å². The highest BCUT2D eigenvalue weighted by atomic mass is 32.2. The maximum atomic E-state index is 11.8. The SMILES string of the molecule is CNS(=O)(=O)N(CCC(=O)OC)CC1CCCO1. The Morgan fingerprint density at radius 2 is 2.28 bits per heavy atom. The molecule has 18 heavy (non-hydrogen) atoms. The van der Waals surface area contributed by atoms with Gasteiger partial charge in [-0.2, -0.15) is 12.7 Å².